The van der Waals surface area contributed by atoms with Gasteiger partial charge in [0.05, 0.1) is 23.8 Å². The molecule has 0 aliphatic carbocycles. The Hall–Kier alpha value is -2.25. The molecule has 122 valence electrons. The van der Waals surface area contributed by atoms with Gasteiger partial charge in [-0.15, -0.1) is 0 Å². The Kier molecular flexibility index (Phi) is 4.40. The van der Waals surface area contributed by atoms with Crippen LogP contribution in [0.25, 0.3) is 0 Å². The second-order valence-corrected chi connectivity index (χ2v) is 5.66. The SMILES string of the molecule is NCCNC(=O)c1ccc2c(c1)C(=O)N(CC1CCCO1)C2=O. The number of amides is 3. The normalized spacial score (nSPS) is 20.0. The summed E-state index contributed by atoms with van der Waals surface area (Å²) in [6.07, 6.45) is 1.70. The van der Waals surface area contributed by atoms with E-state index in [-0.39, 0.29) is 35.9 Å². The molecule has 1 fully saturated rings. The zero-order valence-corrected chi connectivity index (χ0v) is 12.7. The van der Waals surface area contributed by atoms with Crippen LogP contribution in [0.1, 0.15) is 43.9 Å². The average Bonchev–Trinajstić information content (AvgIpc) is 3.15. The van der Waals surface area contributed by atoms with Crippen molar-refractivity contribution in [3.63, 3.8) is 0 Å². The largest absolute Gasteiger partial charge is 0.376 e. The molecule has 3 N–H and O–H groups in total. The second kappa shape index (κ2) is 6.47. The van der Waals surface area contributed by atoms with Crippen LogP contribution >= 0.6 is 0 Å². The molecule has 0 saturated carbocycles. The molecule has 7 nitrogen and oxygen atoms in total. The summed E-state index contributed by atoms with van der Waals surface area (Å²) in [6, 6.07) is 4.55. The maximum Gasteiger partial charge on any atom is 0.261 e. The van der Waals surface area contributed by atoms with Crippen molar-refractivity contribution in [1.82, 2.24) is 10.2 Å². The van der Waals surface area contributed by atoms with E-state index in [1.165, 1.54) is 17.0 Å². The van der Waals surface area contributed by atoms with Crippen LogP contribution in [0.3, 0.4) is 0 Å². The minimum Gasteiger partial charge on any atom is -0.376 e. The molecule has 0 radical (unpaired) electrons. The zero-order valence-electron chi connectivity index (χ0n) is 12.7. The first kappa shape index (κ1) is 15.6. The minimum absolute atomic E-state index is 0.0930. The van der Waals surface area contributed by atoms with Crippen molar-refractivity contribution in [2.45, 2.75) is 18.9 Å². The van der Waals surface area contributed by atoms with Crippen LogP contribution in [0, 0.1) is 0 Å². The second-order valence-electron chi connectivity index (χ2n) is 5.66. The average molecular weight is 317 g/mol. The number of carbonyl (C=O) groups is 3. The smallest absolute Gasteiger partial charge is 0.261 e. The number of ether oxygens (including phenoxy) is 1. The molecule has 2 aliphatic heterocycles. The topological polar surface area (TPSA) is 102 Å². The molecule has 2 aliphatic rings. The van der Waals surface area contributed by atoms with E-state index in [0.29, 0.717) is 30.8 Å². The molecule has 7 heteroatoms. The van der Waals surface area contributed by atoms with Gasteiger partial charge in [0.1, 0.15) is 0 Å². The number of hydrogen-bond acceptors (Lipinski definition) is 5. The standard InChI is InChI=1S/C16H19N3O4/c17-5-6-18-14(20)10-3-4-12-13(8-10)16(22)19(15(12)21)9-11-2-1-7-23-11/h3-4,8,11H,1-2,5-7,9,17H2,(H,18,20). The van der Waals surface area contributed by atoms with Crippen LogP contribution in [-0.2, 0) is 4.74 Å². The first-order valence-electron chi connectivity index (χ1n) is 7.72. The molecule has 3 rings (SSSR count). The van der Waals surface area contributed by atoms with Gasteiger partial charge in [0.25, 0.3) is 17.7 Å². The summed E-state index contributed by atoms with van der Waals surface area (Å²) in [6.45, 7) is 1.62. The Morgan fingerprint density at radius 1 is 1.30 bits per heavy atom. The van der Waals surface area contributed by atoms with Crippen LogP contribution in [0.15, 0.2) is 18.2 Å². The lowest BCUT2D eigenvalue weighted by atomic mass is 10.1. The fourth-order valence-corrected chi connectivity index (χ4v) is 2.88. The Balaban J connectivity index is 1.79. The van der Waals surface area contributed by atoms with Crippen LogP contribution < -0.4 is 11.1 Å². The third kappa shape index (κ3) is 2.97. The van der Waals surface area contributed by atoms with Crippen molar-refractivity contribution in [2.75, 3.05) is 26.2 Å². The molecular formula is C16H19N3O4. The van der Waals surface area contributed by atoms with Gasteiger partial charge >= 0.3 is 0 Å². The van der Waals surface area contributed by atoms with Gasteiger partial charge in [-0.1, -0.05) is 0 Å². The van der Waals surface area contributed by atoms with Gasteiger partial charge in [-0.3, -0.25) is 19.3 Å². The molecule has 0 spiro atoms. The van der Waals surface area contributed by atoms with E-state index in [4.69, 9.17) is 10.5 Å². The lowest BCUT2D eigenvalue weighted by Gasteiger charge is -2.17. The molecule has 23 heavy (non-hydrogen) atoms. The number of fused-ring (bicyclic) bond motifs is 1. The van der Waals surface area contributed by atoms with Crippen LogP contribution in [-0.4, -0.2) is 55.0 Å². The summed E-state index contributed by atoms with van der Waals surface area (Å²) < 4.78 is 5.49. The highest BCUT2D eigenvalue weighted by molar-refractivity contribution is 6.22. The van der Waals surface area contributed by atoms with Crippen LogP contribution in [0.4, 0.5) is 0 Å². The van der Waals surface area contributed by atoms with Gasteiger partial charge < -0.3 is 15.8 Å². The highest BCUT2D eigenvalue weighted by Crippen LogP contribution is 2.26. The van der Waals surface area contributed by atoms with Crippen molar-refractivity contribution in [3.8, 4) is 0 Å². The van der Waals surface area contributed by atoms with E-state index < -0.39 is 0 Å². The van der Waals surface area contributed by atoms with Gasteiger partial charge in [0.15, 0.2) is 0 Å². The van der Waals surface area contributed by atoms with Gasteiger partial charge in [-0.25, -0.2) is 0 Å². The number of carbonyl (C=O) groups excluding carboxylic acids is 3. The van der Waals surface area contributed by atoms with E-state index >= 15 is 0 Å². The Morgan fingerprint density at radius 2 is 2.09 bits per heavy atom. The van der Waals surface area contributed by atoms with Crippen molar-refractivity contribution >= 4 is 17.7 Å². The van der Waals surface area contributed by atoms with E-state index in [0.717, 1.165) is 12.8 Å². The molecule has 2 heterocycles. The van der Waals surface area contributed by atoms with Crippen LogP contribution in [0.5, 0.6) is 0 Å². The molecule has 0 bridgehead atoms. The number of nitrogens with two attached hydrogens (primary N) is 1. The quantitative estimate of drug-likeness (QED) is 0.753. The molecular weight excluding hydrogens is 298 g/mol. The molecule has 1 saturated heterocycles. The van der Waals surface area contributed by atoms with E-state index in [9.17, 15) is 14.4 Å². The van der Waals surface area contributed by atoms with Gasteiger partial charge in [0.2, 0.25) is 0 Å². The van der Waals surface area contributed by atoms with Crippen molar-refractivity contribution in [1.29, 1.82) is 0 Å². The highest BCUT2D eigenvalue weighted by Gasteiger charge is 2.37. The molecule has 0 aromatic heterocycles. The van der Waals surface area contributed by atoms with Crippen molar-refractivity contribution in [3.05, 3.63) is 34.9 Å². The molecule has 1 atom stereocenters. The Morgan fingerprint density at radius 3 is 2.78 bits per heavy atom. The van der Waals surface area contributed by atoms with Crippen molar-refractivity contribution in [2.24, 2.45) is 5.73 Å². The molecule has 3 amide bonds. The number of imide groups is 1. The number of rotatable bonds is 5. The van der Waals surface area contributed by atoms with Crippen LogP contribution in [0.2, 0.25) is 0 Å². The van der Waals surface area contributed by atoms with E-state index in [1.54, 1.807) is 6.07 Å². The molecule has 1 unspecified atom stereocenters. The van der Waals surface area contributed by atoms with Gasteiger partial charge in [-0.2, -0.15) is 0 Å². The first-order valence-corrected chi connectivity index (χ1v) is 7.72. The Bertz CT molecular complexity index is 653. The minimum atomic E-state index is -0.367. The number of nitrogens with zero attached hydrogens (tertiary/aromatic N) is 1. The first-order chi connectivity index (χ1) is 11.1. The lowest BCUT2D eigenvalue weighted by molar-refractivity contribution is 0.0475. The summed E-state index contributed by atoms with van der Waals surface area (Å²) in [4.78, 5) is 38.0. The summed E-state index contributed by atoms with van der Waals surface area (Å²) in [5.41, 5.74) is 6.30. The van der Waals surface area contributed by atoms with E-state index in [1.807, 2.05) is 0 Å². The monoisotopic (exact) mass is 317 g/mol. The van der Waals surface area contributed by atoms with Gasteiger partial charge in [-0.05, 0) is 31.0 Å². The number of benzene rings is 1. The van der Waals surface area contributed by atoms with Gasteiger partial charge in [0, 0.05) is 25.3 Å². The predicted molar refractivity (Wildman–Crippen MR) is 82.2 cm³/mol. The molecule has 1 aromatic rings. The van der Waals surface area contributed by atoms with E-state index in [2.05, 4.69) is 5.32 Å². The summed E-state index contributed by atoms with van der Waals surface area (Å²) in [5, 5.41) is 2.64. The summed E-state index contributed by atoms with van der Waals surface area (Å²) in [5.74, 6) is -1.00. The third-order valence-electron chi connectivity index (χ3n) is 4.07. The number of hydrogen-bond donors (Lipinski definition) is 2. The fraction of sp³-hybridized carbons (Fsp3) is 0.438. The third-order valence-corrected chi connectivity index (χ3v) is 4.07. The zero-order chi connectivity index (χ0) is 16.4. The Labute approximate surface area is 133 Å². The molecule has 1 aromatic carbocycles. The highest BCUT2D eigenvalue weighted by atomic mass is 16.5. The maximum absolute atomic E-state index is 12.5. The maximum atomic E-state index is 12.5. The van der Waals surface area contributed by atoms with Crippen molar-refractivity contribution < 1.29 is 19.1 Å². The summed E-state index contributed by atoms with van der Waals surface area (Å²) in [7, 11) is 0. The fourth-order valence-electron chi connectivity index (χ4n) is 2.88. The summed E-state index contributed by atoms with van der Waals surface area (Å²) >= 11 is 0. The lowest BCUT2D eigenvalue weighted by Crippen LogP contribution is -2.36. The predicted octanol–water partition coefficient (Wildman–Crippen LogP) is 0.150. The number of nitrogens with one attached hydrogen (secondary N) is 1.